The number of methoxy groups -OCH3 is 1. The molecule has 128 valence electrons. The van der Waals surface area contributed by atoms with E-state index in [1.54, 1.807) is 7.11 Å². The fraction of sp³-hybridized carbons (Fsp3) is 0.350. The molecule has 0 aromatic heterocycles. The van der Waals surface area contributed by atoms with Crippen molar-refractivity contribution in [2.24, 2.45) is 0 Å². The van der Waals surface area contributed by atoms with Gasteiger partial charge in [0.05, 0.1) is 7.11 Å². The molecular formula is C20H26N2O2. The van der Waals surface area contributed by atoms with E-state index in [1.165, 1.54) is 0 Å². The molecule has 2 aromatic rings. The van der Waals surface area contributed by atoms with E-state index in [0.717, 1.165) is 30.0 Å². The molecule has 0 saturated heterocycles. The molecule has 0 bridgehead atoms. The lowest BCUT2D eigenvalue weighted by atomic mass is 10.0. The number of anilines is 1. The predicted molar refractivity (Wildman–Crippen MR) is 98.6 cm³/mol. The Morgan fingerprint density at radius 3 is 2.21 bits per heavy atom. The van der Waals surface area contributed by atoms with Crippen molar-refractivity contribution in [3.8, 4) is 5.75 Å². The van der Waals surface area contributed by atoms with Crippen LogP contribution in [-0.2, 0) is 6.54 Å². The minimum Gasteiger partial charge on any atom is -0.497 e. The van der Waals surface area contributed by atoms with Crippen LogP contribution in [0.3, 0.4) is 0 Å². The maximum absolute atomic E-state index is 12.3. The fourth-order valence-electron chi connectivity index (χ4n) is 2.12. The van der Waals surface area contributed by atoms with E-state index < -0.39 is 0 Å². The van der Waals surface area contributed by atoms with Gasteiger partial charge in [-0.2, -0.15) is 0 Å². The van der Waals surface area contributed by atoms with Crippen LogP contribution >= 0.6 is 0 Å². The van der Waals surface area contributed by atoms with Crippen LogP contribution in [0.15, 0.2) is 48.5 Å². The highest BCUT2D eigenvalue weighted by Crippen LogP contribution is 2.16. The Bertz CT molecular complexity index is 661. The van der Waals surface area contributed by atoms with E-state index in [1.807, 2.05) is 48.5 Å². The Morgan fingerprint density at radius 2 is 1.67 bits per heavy atom. The lowest BCUT2D eigenvalue weighted by Crippen LogP contribution is -2.37. The first kappa shape index (κ1) is 18.0. The molecule has 0 aliphatic rings. The highest BCUT2D eigenvalue weighted by atomic mass is 16.5. The molecule has 2 rings (SSSR count). The fourth-order valence-corrected chi connectivity index (χ4v) is 2.12. The smallest absolute Gasteiger partial charge is 0.255 e. The van der Waals surface area contributed by atoms with Crippen molar-refractivity contribution in [3.63, 3.8) is 0 Å². The zero-order valence-electron chi connectivity index (χ0n) is 14.8. The largest absolute Gasteiger partial charge is 0.497 e. The van der Waals surface area contributed by atoms with Gasteiger partial charge in [-0.3, -0.25) is 4.79 Å². The van der Waals surface area contributed by atoms with E-state index in [2.05, 4.69) is 31.4 Å². The highest BCUT2D eigenvalue weighted by molar-refractivity contribution is 6.04. The second kappa shape index (κ2) is 7.97. The van der Waals surface area contributed by atoms with Gasteiger partial charge in [0.1, 0.15) is 5.75 Å². The van der Waals surface area contributed by atoms with Crippen molar-refractivity contribution in [3.05, 3.63) is 59.7 Å². The normalized spacial score (nSPS) is 11.2. The molecule has 0 heterocycles. The zero-order chi connectivity index (χ0) is 17.6. The van der Waals surface area contributed by atoms with Gasteiger partial charge in [0.25, 0.3) is 5.91 Å². The van der Waals surface area contributed by atoms with Crippen LogP contribution in [0.2, 0.25) is 0 Å². The van der Waals surface area contributed by atoms with Gasteiger partial charge in [-0.05, 0) is 62.2 Å². The summed E-state index contributed by atoms with van der Waals surface area (Å²) in [7, 11) is 1.62. The molecule has 0 fully saturated rings. The van der Waals surface area contributed by atoms with Gasteiger partial charge >= 0.3 is 0 Å². The van der Waals surface area contributed by atoms with Crippen molar-refractivity contribution >= 4 is 11.6 Å². The second-order valence-corrected chi connectivity index (χ2v) is 6.47. The third-order valence-electron chi connectivity index (χ3n) is 4.22. The van der Waals surface area contributed by atoms with Crippen LogP contribution in [0.4, 0.5) is 5.69 Å². The molecule has 1 amide bonds. The lowest BCUT2D eigenvalue weighted by Gasteiger charge is -2.24. The summed E-state index contributed by atoms with van der Waals surface area (Å²) in [5.74, 6) is 0.647. The van der Waals surface area contributed by atoms with Crippen molar-refractivity contribution in [1.82, 2.24) is 5.32 Å². The third kappa shape index (κ3) is 5.10. The Balaban J connectivity index is 1.95. The molecule has 2 N–H and O–H groups in total. The predicted octanol–water partition coefficient (Wildman–Crippen LogP) is 4.23. The van der Waals surface area contributed by atoms with Crippen molar-refractivity contribution in [2.45, 2.75) is 39.3 Å². The van der Waals surface area contributed by atoms with Gasteiger partial charge in [-0.15, -0.1) is 0 Å². The van der Waals surface area contributed by atoms with Crippen LogP contribution < -0.4 is 15.4 Å². The van der Waals surface area contributed by atoms with Gasteiger partial charge in [0, 0.05) is 23.3 Å². The van der Waals surface area contributed by atoms with Crippen LogP contribution in [0.1, 0.15) is 43.1 Å². The quantitative estimate of drug-likeness (QED) is 0.801. The average molecular weight is 326 g/mol. The number of ether oxygens (including phenoxy) is 1. The maximum Gasteiger partial charge on any atom is 0.255 e. The first-order valence-corrected chi connectivity index (χ1v) is 8.23. The Labute approximate surface area is 144 Å². The number of benzene rings is 2. The van der Waals surface area contributed by atoms with Crippen molar-refractivity contribution in [2.75, 3.05) is 12.4 Å². The molecule has 4 nitrogen and oxygen atoms in total. The summed E-state index contributed by atoms with van der Waals surface area (Å²) < 4.78 is 5.11. The first-order chi connectivity index (χ1) is 11.4. The molecule has 0 saturated carbocycles. The minimum absolute atomic E-state index is 0.115. The van der Waals surface area contributed by atoms with E-state index in [9.17, 15) is 4.79 Å². The summed E-state index contributed by atoms with van der Waals surface area (Å²) >= 11 is 0. The number of amides is 1. The molecule has 0 atom stereocenters. The number of carbonyl (C=O) groups is 1. The summed E-state index contributed by atoms with van der Waals surface area (Å²) in [5, 5.41) is 6.40. The molecule has 0 aliphatic carbocycles. The summed E-state index contributed by atoms with van der Waals surface area (Å²) in [4.78, 5) is 12.3. The molecule has 0 unspecified atom stereocenters. The summed E-state index contributed by atoms with van der Waals surface area (Å²) in [5.41, 5.74) is 2.67. The Kier molecular flexibility index (Phi) is 5.99. The summed E-state index contributed by atoms with van der Waals surface area (Å²) in [6.45, 7) is 7.33. The van der Waals surface area contributed by atoms with E-state index in [4.69, 9.17) is 4.74 Å². The topological polar surface area (TPSA) is 50.4 Å². The van der Waals surface area contributed by atoms with Crippen LogP contribution in [0.25, 0.3) is 0 Å². The number of carbonyl (C=O) groups excluding carboxylic acids is 1. The Hall–Kier alpha value is -2.33. The number of hydrogen-bond donors (Lipinski definition) is 2. The summed E-state index contributed by atoms with van der Waals surface area (Å²) in [6, 6.07) is 15.0. The molecule has 24 heavy (non-hydrogen) atoms. The van der Waals surface area contributed by atoms with E-state index >= 15 is 0 Å². The standard InChI is InChI=1S/C20H26N2O2/c1-5-20(2,3)21-14-15-6-8-16(9-7-15)19(23)22-17-10-12-18(24-4)13-11-17/h6-13,21H,5,14H2,1-4H3,(H,22,23). The number of nitrogens with one attached hydrogen (secondary N) is 2. The van der Waals surface area contributed by atoms with Gasteiger partial charge in [0.15, 0.2) is 0 Å². The van der Waals surface area contributed by atoms with Crippen molar-refractivity contribution < 1.29 is 9.53 Å². The zero-order valence-corrected chi connectivity index (χ0v) is 14.8. The van der Waals surface area contributed by atoms with Crippen molar-refractivity contribution in [1.29, 1.82) is 0 Å². The number of rotatable bonds is 7. The highest BCUT2D eigenvalue weighted by Gasteiger charge is 2.13. The van der Waals surface area contributed by atoms with Crippen LogP contribution in [-0.4, -0.2) is 18.6 Å². The van der Waals surface area contributed by atoms with E-state index in [0.29, 0.717) is 5.56 Å². The molecule has 0 radical (unpaired) electrons. The lowest BCUT2D eigenvalue weighted by molar-refractivity contribution is 0.102. The molecular weight excluding hydrogens is 300 g/mol. The average Bonchev–Trinajstić information content (AvgIpc) is 2.61. The Morgan fingerprint density at radius 1 is 1.04 bits per heavy atom. The van der Waals surface area contributed by atoms with Gasteiger partial charge in [-0.25, -0.2) is 0 Å². The molecule has 0 spiro atoms. The first-order valence-electron chi connectivity index (χ1n) is 8.23. The monoisotopic (exact) mass is 326 g/mol. The van der Waals surface area contributed by atoms with Gasteiger partial charge in [0.2, 0.25) is 0 Å². The van der Waals surface area contributed by atoms with E-state index in [-0.39, 0.29) is 11.4 Å². The number of hydrogen-bond acceptors (Lipinski definition) is 3. The SMILES string of the molecule is CCC(C)(C)NCc1ccc(C(=O)Nc2ccc(OC)cc2)cc1. The van der Waals surface area contributed by atoms with Crippen LogP contribution in [0, 0.1) is 0 Å². The minimum atomic E-state index is -0.117. The third-order valence-corrected chi connectivity index (χ3v) is 4.22. The maximum atomic E-state index is 12.3. The van der Waals surface area contributed by atoms with Crippen LogP contribution in [0.5, 0.6) is 5.75 Å². The molecule has 0 aliphatic heterocycles. The van der Waals surface area contributed by atoms with Gasteiger partial charge in [-0.1, -0.05) is 19.1 Å². The molecule has 2 aromatic carbocycles. The summed E-state index contributed by atoms with van der Waals surface area (Å²) in [6.07, 6.45) is 1.06. The van der Waals surface area contributed by atoms with Gasteiger partial charge < -0.3 is 15.4 Å². The second-order valence-electron chi connectivity index (χ2n) is 6.47. The molecule has 4 heteroatoms.